The van der Waals surface area contributed by atoms with Crippen molar-refractivity contribution < 1.29 is 23.5 Å². The van der Waals surface area contributed by atoms with Crippen LogP contribution in [0.3, 0.4) is 0 Å². The Kier molecular flexibility index (Phi) is 9.24. The molecule has 0 spiro atoms. The van der Waals surface area contributed by atoms with Crippen molar-refractivity contribution in [3.05, 3.63) is 0 Å². The standard InChI is InChI=1S/C21H43NO5Si/c1-16(23)25-15-21(8,9)13-17(14-26-28(11,12)20(5,6)7)22(10)18(24)27-19(2,3)4/h17H,13-15H2,1-12H3/t17-/m0/s1. The molecule has 0 aliphatic heterocycles. The zero-order chi connectivity index (χ0) is 22.6. The second-order valence-corrected chi connectivity index (χ2v) is 15.8. The Balaban J connectivity index is 5.41. The molecule has 0 unspecified atom stereocenters. The summed E-state index contributed by atoms with van der Waals surface area (Å²) < 4.78 is 17.2. The Morgan fingerprint density at radius 1 is 1.00 bits per heavy atom. The second-order valence-electron chi connectivity index (χ2n) is 11.0. The van der Waals surface area contributed by atoms with Crippen LogP contribution in [0.25, 0.3) is 0 Å². The molecule has 0 aromatic carbocycles. The summed E-state index contributed by atoms with van der Waals surface area (Å²) in [4.78, 5) is 25.5. The van der Waals surface area contributed by atoms with Crippen molar-refractivity contribution >= 4 is 20.4 Å². The molecule has 0 saturated carbocycles. The maximum atomic E-state index is 12.6. The molecule has 0 N–H and O–H groups in total. The van der Waals surface area contributed by atoms with Gasteiger partial charge in [0.25, 0.3) is 0 Å². The Labute approximate surface area is 173 Å². The lowest BCUT2D eigenvalue weighted by Gasteiger charge is -2.40. The van der Waals surface area contributed by atoms with Crippen molar-refractivity contribution in [1.82, 2.24) is 4.90 Å². The van der Waals surface area contributed by atoms with Crippen molar-refractivity contribution in [3.8, 4) is 0 Å². The minimum absolute atomic E-state index is 0.0787. The van der Waals surface area contributed by atoms with Crippen LogP contribution in [-0.4, -0.2) is 57.2 Å². The third kappa shape index (κ3) is 9.91. The molecule has 166 valence electrons. The molecule has 0 heterocycles. The monoisotopic (exact) mass is 417 g/mol. The molecular formula is C21H43NO5Si. The van der Waals surface area contributed by atoms with Gasteiger partial charge in [-0.1, -0.05) is 34.6 Å². The largest absolute Gasteiger partial charge is 0.465 e. The summed E-state index contributed by atoms with van der Waals surface area (Å²) in [5, 5.41) is 0.0787. The van der Waals surface area contributed by atoms with Crippen molar-refractivity contribution in [2.24, 2.45) is 5.41 Å². The number of amides is 1. The molecule has 7 heteroatoms. The fourth-order valence-corrected chi connectivity index (χ4v) is 3.35. The van der Waals surface area contributed by atoms with Crippen LogP contribution in [0.1, 0.15) is 68.7 Å². The SMILES string of the molecule is CC(=O)OCC(C)(C)C[C@@H](CO[Si](C)(C)C(C)(C)C)N(C)C(=O)OC(C)(C)C. The van der Waals surface area contributed by atoms with Crippen molar-refractivity contribution in [3.63, 3.8) is 0 Å². The van der Waals surface area contributed by atoms with Crippen LogP contribution in [0.2, 0.25) is 18.1 Å². The first-order chi connectivity index (χ1) is 12.3. The van der Waals surface area contributed by atoms with E-state index in [4.69, 9.17) is 13.9 Å². The van der Waals surface area contributed by atoms with Gasteiger partial charge in [0, 0.05) is 19.4 Å². The Bertz CT molecular complexity index is 532. The second kappa shape index (κ2) is 9.61. The fourth-order valence-electron chi connectivity index (χ4n) is 2.31. The quantitative estimate of drug-likeness (QED) is 0.400. The molecule has 1 atom stereocenters. The summed E-state index contributed by atoms with van der Waals surface area (Å²) in [5.41, 5.74) is -0.868. The number of hydrogen-bond acceptors (Lipinski definition) is 5. The summed E-state index contributed by atoms with van der Waals surface area (Å²) in [6.07, 6.45) is 0.254. The van der Waals surface area contributed by atoms with E-state index in [-0.39, 0.29) is 28.6 Å². The summed E-state index contributed by atoms with van der Waals surface area (Å²) in [5.74, 6) is -0.303. The van der Waals surface area contributed by atoms with Gasteiger partial charge in [-0.3, -0.25) is 4.79 Å². The average Bonchev–Trinajstić information content (AvgIpc) is 2.46. The van der Waals surface area contributed by atoms with E-state index in [9.17, 15) is 9.59 Å². The number of ether oxygens (including phenoxy) is 2. The number of likely N-dealkylation sites (N-methyl/N-ethyl adjacent to an activating group) is 1. The highest BCUT2D eigenvalue weighted by Gasteiger charge is 2.39. The van der Waals surface area contributed by atoms with E-state index in [2.05, 4.69) is 33.9 Å². The third-order valence-electron chi connectivity index (χ3n) is 5.13. The van der Waals surface area contributed by atoms with Crippen molar-refractivity contribution in [2.45, 2.75) is 98.5 Å². The van der Waals surface area contributed by atoms with Crippen LogP contribution in [0.5, 0.6) is 0 Å². The van der Waals surface area contributed by atoms with E-state index >= 15 is 0 Å². The van der Waals surface area contributed by atoms with Gasteiger partial charge in [0.05, 0.1) is 19.3 Å². The molecule has 0 rings (SSSR count). The molecule has 0 saturated heterocycles. The average molecular weight is 418 g/mol. The number of esters is 1. The van der Waals surface area contributed by atoms with Crippen molar-refractivity contribution in [1.29, 1.82) is 0 Å². The first kappa shape index (κ1) is 26.9. The predicted octanol–water partition coefficient (Wildman–Crippen LogP) is 5.22. The van der Waals surface area contributed by atoms with E-state index in [1.165, 1.54) is 6.92 Å². The van der Waals surface area contributed by atoms with Crippen LogP contribution >= 0.6 is 0 Å². The lowest BCUT2D eigenvalue weighted by atomic mass is 9.86. The normalized spacial score (nSPS) is 14.4. The van der Waals surface area contributed by atoms with E-state index in [1.54, 1.807) is 11.9 Å². The van der Waals surface area contributed by atoms with E-state index < -0.39 is 13.9 Å². The number of carbonyl (C=O) groups excluding carboxylic acids is 2. The van der Waals surface area contributed by atoms with Gasteiger partial charge in [-0.15, -0.1) is 0 Å². The zero-order valence-corrected chi connectivity index (χ0v) is 21.2. The minimum atomic E-state index is -1.97. The van der Waals surface area contributed by atoms with Gasteiger partial charge < -0.3 is 18.8 Å². The predicted molar refractivity (Wildman–Crippen MR) is 116 cm³/mol. The van der Waals surface area contributed by atoms with Gasteiger partial charge in [0.15, 0.2) is 8.32 Å². The van der Waals surface area contributed by atoms with E-state index in [0.717, 1.165) is 0 Å². The molecule has 0 fully saturated rings. The molecule has 0 bridgehead atoms. The highest BCUT2D eigenvalue weighted by Crippen LogP contribution is 2.37. The lowest BCUT2D eigenvalue weighted by molar-refractivity contribution is -0.144. The maximum absolute atomic E-state index is 12.6. The van der Waals surface area contributed by atoms with E-state index in [1.807, 2.05) is 34.6 Å². The van der Waals surface area contributed by atoms with Crippen LogP contribution in [0.4, 0.5) is 4.79 Å². The van der Waals surface area contributed by atoms with Crippen LogP contribution in [-0.2, 0) is 18.7 Å². The Morgan fingerprint density at radius 2 is 1.50 bits per heavy atom. The van der Waals surface area contributed by atoms with Crippen LogP contribution < -0.4 is 0 Å². The van der Waals surface area contributed by atoms with Gasteiger partial charge >= 0.3 is 12.1 Å². The molecule has 0 aliphatic carbocycles. The highest BCUT2D eigenvalue weighted by atomic mass is 28.4. The first-order valence-corrected chi connectivity index (χ1v) is 12.9. The van der Waals surface area contributed by atoms with E-state index in [0.29, 0.717) is 19.6 Å². The first-order valence-electron chi connectivity index (χ1n) is 10.0. The third-order valence-corrected chi connectivity index (χ3v) is 9.63. The summed E-state index contributed by atoms with van der Waals surface area (Å²) in [6.45, 7) is 22.7. The molecule has 1 amide bonds. The van der Waals surface area contributed by atoms with Crippen LogP contribution in [0, 0.1) is 5.41 Å². The van der Waals surface area contributed by atoms with Crippen molar-refractivity contribution in [2.75, 3.05) is 20.3 Å². The zero-order valence-electron chi connectivity index (χ0n) is 20.2. The van der Waals surface area contributed by atoms with Gasteiger partial charge in [-0.2, -0.15) is 0 Å². The summed E-state index contributed by atoms with van der Waals surface area (Å²) >= 11 is 0. The minimum Gasteiger partial charge on any atom is -0.465 e. The lowest BCUT2D eigenvalue weighted by Crippen LogP contribution is -2.49. The summed E-state index contributed by atoms with van der Waals surface area (Å²) in [6, 6.07) is -0.186. The van der Waals surface area contributed by atoms with Gasteiger partial charge in [-0.25, -0.2) is 4.79 Å². The molecular weight excluding hydrogens is 374 g/mol. The van der Waals surface area contributed by atoms with Gasteiger partial charge in [0.1, 0.15) is 5.60 Å². The number of hydrogen-bond donors (Lipinski definition) is 0. The highest BCUT2D eigenvalue weighted by molar-refractivity contribution is 6.74. The Hall–Kier alpha value is -1.08. The topological polar surface area (TPSA) is 65.1 Å². The molecule has 0 aromatic rings. The molecule has 0 radical (unpaired) electrons. The molecule has 6 nitrogen and oxygen atoms in total. The molecule has 0 aromatic heterocycles. The fraction of sp³-hybridized carbons (Fsp3) is 0.905. The summed E-state index contributed by atoms with van der Waals surface area (Å²) in [7, 11) is -0.225. The number of rotatable bonds is 8. The van der Waals surface area contributed by atoms with Crippen LogP contribution in [0.15, 0.2) is 0 Å². The number of carbonyl (C=O) groups is 2. The van der Waals surface area contributed by atoms with Gasteiger partial charge in [0.2, 0.25) is 0 Å². The molecule has 0 aliphatic rings. The maximum Gasteiger partial charge on any atom is 0.410 e. The molecule has 28 heavy (non-hydrogen) atoms. The smallest absolute Gasteiger partial charge is 0.410 e. The number of nitrogens with zero attached hydrogens (tertiary/aromatic N) is 1. The Morgan fingerprint density at radius 3 is 1.89 bits per heavy atom. The van der Waals surface area contributed by atoms with Gasteiger partial charge in [-0.05, 0) is 45.3 Å².